The van der Waals surface area contributed by atoms with Crippen LogP contribution in [0.1, 0.15) is 6.42 Å². The van der Waals surface area contributed by atoms with Crippen LogP contribution < -0.4 is 0 Å². The van der Waals surface area contributed by atoms with E-state index >= 15 is 0 Å². The normalized spacial score (nSPS) is 11.0. The Bertz CT molecular complexity index is 139. The Hall–Kier alpha value is -0.380. The van der Waals surface area contributed by atoms with Gasteiger partial charge < -0.3 is 14.5 Å². The fourth-order valence-electron chi connectivity index (χ4n) is 0.402. The molecule has 0 saturated heterocycles. The Labute approximate surface area is 58.2 Å². The Morgan fingerprint density at radius 1 is 1.50 bits per heavy atom. The Balaban J connectivity index is 3.20. The number of hydrogen-bond donors (Lipinski definition) is 2. The Kier molecular flexibility index (Phi) is 4.27. The summed E-state index contributed by atoms with van der Waals surface area (Å²) in [4.78, 5) is 26.1. The average Bonchev–Trinajstić information content (AvgIpc) is 1.78. The van der Waals surface area contributed by atoms with E-state index < -0.39 is 7.60 Å². The van der Waals surface area contributed by atoms with E-state index in [9.17, 15) is 9.36 Å². The first-order valence-electron chi connectivity index (χ1n) is 2.66. The predicted octanol–water partition coefficient (Wildman–Crippen LogP) is -0.273. The molecule has 60 valence electrons. The smallest absolute Gasteiger partial charge is 0.325 e. The van der Waals surface area contributed by atoms with E-state index in [1.54, 1.807) is 0 Å². The maximum Gasteiger partial charge on any atom is 0.325 e. The average molecular weight is 168 g/mol. The lowest BCUT2D eigenvalue weighted by Gasteiger charge is -2.01. The van der Waals surface area contributed by atoms with Gasteiger partial charge in [-0.1, -0.05) is 0 Å². The van der Waals surface area contributed by atoms with Gasteiger partial charge in [0.2, 0.25) is 0 Å². The molecule has 0 saturated carbocycles. The second kappa shape index (κ2) is 4.44. The van der Waals surface area contributed by atoms with Crippen molar-refractivity contribution in [2.45, 2.75) is 6.42 Å². The maximum absolute atomic E-state index is 10.1. The number of hydrogen-bond acceptors (Lipinski definition) is 3. The van der Waals surface area contributed by atoms with Crippen LogP contribution in [-0.4, -0.2) is 29.0 Å². The van der Waals surface area contributed by atoms with Crippen molar-refractivity contribution in [3.63, 3.8) is 0 Å². The summed E-state index contributed by atoms with van der Waals surface area (Å²) in [6, 6.07) is 0. The highest BCUT2D eigenvalue weighted by atomic mass is 31.2. The van der Waals surface area contributed by atoms with Crippen LogP contribution in [0, 0.1) is 0 Å². The summed E-state index contributed by atoms with van der Waals surface area (Å²) >= 11 is 0. The molecule has 0 aromatic heterocycles. The van der Waals surface area contributed by atoms with Crippen LogP contribution in [0.2, 0.25) is 0 Å². The first-order valence-corrected chi connectivity index (χ1v) is 4.46. The molecule has 2 N–H and O–H groups in total. The second-order valence-corrected chi connectivity index (χ2v) is 3.49. The zero-order valence-corrected chi connectivity index (χ0v) is 6.16. The van der Waals surface area contributed by atoms with Crippen molar-refractivity contribution in [1.29, 1.82) is 0 Å². The van der Waals surface area contributed by atoms with Crippen molar-refractivity contribution in [2.24, 2.45) is 0 Å². The molecule has 0 amide bonds. The van der Waals surface area contributed by atoms with Gasteiger partial charge in [0.25, 0.3) is 6.47 Å². The molecule has 0 aromatic rings. The van der Waals surface area contributed by atoms with E-state index in [0.717, 1.165) is 0 Å². The number of rotatable bonds is 5. The van der Waals surface area contributed by atoms with Gasteiger partial charge in [-0.25, -0.2) is 0 Å². The van der Waals surface area contributed by atoms with E-state index in [-0.39, 0.29) is 25.7 Å². The van der Waals surface area contributed by atoms with E-state index in [1.807, 2.05) is 0 Å². The molecule has 0 radical (unpaired) electrons. The lowest BCUT2D eigenvalue weighted by molar-refractivity contribution is -0.128. The molecule has 0 aliphatic heterocycles. The third-order valence-corrected chi connectivity index (χ3v) is 1.68. The molecule has 0 aromatic carbocycles. The number of carbonyl (C=O) groups excluding carboxylic acids is 1. The van der Waals surface area contributed by atoms with E-state index in [4.69, 9.17) is 9.79 Å². The molecule has 0 bridgehead atoms. The quantitative estimate of drug-likeness (QED) is 0.335. The zero-order valence-electron chi connectivity index (χ0n) is 5.27. The van der Waals surface area contributed by atoms with Crippen LogP contribution in [0.5, 0.6) is 0 Å². The Morgan fingerprint density at radius 2 is 2.10 bits per heavy atom. The van der Waals surface area contributed by atoms with Gasteiger partial charge in [0.15, 0.2) is 0 Å². The van der Waals surface area contributed by atoms with Crippen molar-refractivity contribution < 1.29 is 23.9 Å². The van der Waals surface area contributed by atoms with Gasteiger partial charge in [0.05, 0.1) is 12.8 Å². The van der Waals surface area contributed by atoms with Gasteiger partial charge in [-0.2, -0.15) is 0 Å². The topological polar surface area (TPSA) is 83.8 Å². The summed E-state index contributed by atoms with van der Waals surface area (Å²) in [5.41, 5.74) is 0. The van der Waals surface area contributed by atoms with Crippen molar-refractivity contribution in [1.82, 2.24) is 0 Å². The number of carbonyl (C=O) groups is 1. The molecule has 0 rings (SSSR count). The third kappa shape index (κ3) is 7.62. The summed E-state index contributed by atoms with van der Waals surface area (Å²) < 4.78 is 14.3. The van der Waals surface area contributed by atoms with Crippen LogP contribution >= 0.6 is 7.60 Å². The highest BCUT2D eigenvalue weighted by Crippen LogP contribution is 2.34. The molecular weight excluding hydrogens is 159 g/mol. The van der Waals surface area contributed by atoms with Gasteiger partial charge in [0.1, 0.15) is 0 Å². The maximum atomic E-state index is 10.1. The van der Waals surface area contributed by atoms with Crippen LogP contribution in [-0.2, 0) is 14.1 Å². The first-order chi connectivity index (χ1) is 4.56. The van der Waals surface area contributed by atoms with Crippen LogP contribution in [0.4, 0.5) is 0 Å². The zero-order chi connectivity index (χ0) is 8.04. The second-order valence-electron chi connectivity index (χ2n) is 1.71. The predicted molar refractivity (Wildman–Crippen MR) is 33.5 cm³/mol. The molecule has 0 heterocycles. The van der Waals surface area contributed by atoms with Gasteiger partial charge in [-0.15, -0.1) is 0 Å². The fourth-order valence-corrected chi connectivity index (χ4v) is 0.943. The molecule has 0 atom stereocenters. The van der Waals surface area contributed by atoms with Crippen LogP contribution in [0.3, 0.4) is 0 Å². The summed E-state index contributed by atoms with van der Waals surface area (Å²) in [6.45, 7) is 0.314. The first kappa shape index (κ1) is 9.62. The largest absolute Gasteiger partial charge is 0.468 e. The standard InChI is InChI=1S/C4H9O5P/c5-4-9-2-1-3-10(6,7)8/h4H,1-3H2,(H2,6,7,8). The highest BCUT2D eigenvalue weighted by Gasteiger charge is 2.10. The monoisotopic (exact) mass is 168 g/mol. The summed E-state index contributed by atoms with van der Waals surface area (Å²) in [5.74, 6) is 0. The fraction of sp³-hybridized carbons (Fsp3) is 0.750. The summed E-state index contributed by atoms with van der Waals surface area (Å²) in [5, 5.41) is 0. The lowest BCUT2D eigenvalue weighted by Crippen LogP contribution is -1.96. The van der Waals surface area contributed by atoms with Gasteiger partial charge in [0, 0.05) is 0 Å². The molecule has 6 heteroatoms. The van der Waals surface area contributed by atoms with E-state index in [1.165, 1.54) is 0 Å². The highest BCUT2D eigenvalue weighted by molar-refractivity contribution is 7.51. The summed E-state index contributed by atoms with van der Waals surface area (Å²) in [7, 11) is -3.90. The van der Waals surface area contributed by atoms with E-state index in [2.05, 4.69) is 4.74 Å². The third-order valence-electron chi connectivity index (χ3n) is 0.780. The molecule has 0 aliphatic carbocycles. The molecule has 0 aliphatic rings. The SMILES string of the molecule is O=COCCCP(=O)(O)O. The number of ether oxygens (including phenoxy) is 1. The van der Waals surface area contributed by atoms with Crippen LogP contribution in [0.15, 0.2) is 0 Å². The van der Waals surface area contributed by atoms with Gasteiger partial charge >= 0.3 is 7.60 Å². The van der Waals surface area contributed by atoms with Crippen LogP contribution in [0.25, 0.3) is 0 Å². The Morgan fingerprint density at radius 3 is 2.50 bits per heavy atom. The van der Waals surface area contributed by atoms with Crippen molar-refractivity contribution in [2.75, 3.05) is 12.8 Å². The minimum atomic E-state index is -3.90. The van der Waals surface area contributed by atoms with Gasteiger partial charge in [-0.3, -0.25) is 9.36 Å². The molecular formula is C4H9O5P. The molecule has 0 fully saturated rings. The molecule has 0 spiro atoms. The van der Waals surface area contributed by atoms with Crippen molar-refractivity contribution in [3.8, 4) is 0 Å². The van der Waals surface area contributed by atoms with Crippen molar-refractivity contribution in [3.05, 3.63) is 0 Å². The minimum absolute atomic E-state index is 0.0641. The molecule has 0 unspecified atom stereocenters. The lowest BCUT2D eigenvalue weighted by atomic mass is 10.5. The van der Waals surface area contributed by atoms with E-state index in [0.29, 0.717) is 0 Å². The molecule has 5 nitrogen and oxygen atoms in total. The summed E-state index contributed by atoms with van der Waals surface area (Å²) in [6.07, 6.45) is -0.0378. The van der Waals surface area contributed by atoms with Crippen molar-refractivity contribution >= 4 is 14.1 Å². The molecule has 10 heavy (non-hydrogen) atoms. The minimum Gasteiger partial charge on any atom is -0.468 e. The van der Waals surface area contributed by atoms with Gasteiger partial charge in [-0.05, 0) is 6.42 Å².